The number of halogens is 1. The number of aromatic hydroxyl groups is 1. The molecular formula is C14H12FNO3. The van der Waals surface area contributed by atoms with Gasteiger partial charge in [0.1, 0.15) is 23.7 Å². The molecule has 0 atom stereocenters. The number of phenols is 1. The van der Waals surface area contributed by atoms with E-state index in [0.717, 1.165) is 0 Å². The van der Waals surface area contributed by atoms with Crippen molar-refractivity contribution in [1.82, 2.24) is 0 Å². The van der Waals surface area contributed by atoms with Crippen molar-refractivity contribution in [3.63, 3.8) is 0 Å². The van der Waals surface area contributed by atoms with Crippen molar-refractivity contribution < 1.29 is 19.0 Å². The molecule has 0 spiro atoms. The van der Waals surface area contributed by atoms with Crippen molar-refractivity contribution in [2.75, 3.05) is 5.73 Å². The Hall–Kier alpha value is -2.56. The Kier molecular flexibility index (Phi) is 3.66. The van der Waals surface area contributed by atoms with Crippen LogP contribution in [-0.2, 0) is 11.3 Å². The third-order valence-electron chi connectivity index (χ3n) is 2.56. The number of hydrogen-bond acceptors (Lipinski definition) is 4. The second kappa shape index (κ2) is 5.39. The van der Waals surface area contributed by atoms with Crippen molar-refractivity contribution in [1.29, 1.82) is 0 Å². The fourth-order valence-corrected chi connectivity index (χ4v) is 1.56. The molecule has 98 valence electrons. The van der Waals surface area contributed by atoms with Crippen molar-refractivity contribution in [2.45, 2.75) is 6.61 Å². The summed E-state index contributed by atoms with van der Waals surface area (Å²) in [6.07, 6.45) is 0. The van der Waals surface area contributed by atoms with Gasteiger partial charge in [0.25, 0.3) is 0 Å². The van der Waals surface area contributed by atoms with Crippen molar-refractivity contribution in [3.8, 4) is 5.75 Å². The molecule has 0 heterocycles. The predicted molar refractivity (Wildman–Crippen MR) is 68.0 cm³/mol. The summed E-state index contributed by atoms with van der Waals surface area (Å²) in [7, 11) is 0. The summed E-state index contributed by atoms with van der Waals surface area (Å²) in [5.74, 6) is -1.45. The van der Waals surface area contributed by atoms with E-state index < -0.39 is 11.8 Å². The van der Waals surface area contributed by atoms with E-state index in [1.807, 2.05) is 0 Å². The number of carbonyl (C=O) groups excluding carboxylic acids is 1. The van der Waals surface area contributed by atoms with Crippen LogP contribution in [0.2, 0.25) is 0 Å². The third-order valence-corrected chi connectivity index (χ3v) is 2.56. The quantitative estimate of drug-likeness (QED) is 0.657. The van der Waals surface area contributed by atoms with Crippen LogP contribution < -0.4 is 5.73 Å². The molecule has 0 aliphatic rings. The summed E-state index contributed by atoms with van der Waals surface area (Å²) in [6.45, 7) is -0.199. The number of ether oxygens (including phenoxy) is 1. The van der Waals surface area contributed by atoms with Gasteiger partial charge in [-0.15, -0.1) is 0 Å². The van der Waals surface area contributed by atoms with Gasteiger partial charge in [0.2, 0.25) is 0 Å². The Morgan fingerprint density at radius 2 is 2.00 bits per heavy atom. The zero-order chi connectivity index (χ0) is 13.8. The van der Waals surface area contributed by atoms with Gasteiger partial charge in [-0.05, 0) is 18.2 Å². The molecule has 0 saturated heterocycles. The van der Waals surface area contributed by atoms with E-state index in [1.165, 1.54) is 30.3 Å². The Bertz CT molecular complexity index is 613. The van der Waals surface area contributed by atoms with Crippen molar-refractivity contribution in [3.05, 3.63) is 59.4 Å². The summed E-state index contributed by atoms with van der Waals surface area (Å²) >= 11 is 0. The predicted octanol–water partition coefficient (Wildman–Crippen LogP) is 2.47. The fraction of sp³-hybridized carbons (Fsp3) is 0.0714. The molecule has 0 radical (unpaired) electrons. The van der Waals surface area contributed by atoms with Crippen LogP contribution in [0.1, 0.15) is 15.9 Å². The third kappa shape index (κ3) is 3.01. The summed E-state index contributed by atoms with van der Waals surface area (Å²) in [6, 6.07) is 10.1. The lowest BCUT2D eigenvalue weighted by Gasteiger charge is -2.07. The Balaban J connectivity index is 2.08. The first-order valence-electron chi connectivity index (χ1n) is 5.57. The molecule has 0 unspecified atom stereocenters. The number of nitrogens with two attached hydrogens (primary N) is 1. The van der Waals surface area contributed by atoms with E-state index in [4.69, 9.17) is 10.5 Å². The highest BCUT2D eigenvalue weighted by molar-refractivity contribution is 5.92. The summed E-state index contributed by atoms with van der Waals surface area (Å²) < 4.78 is 18.3. The lowest BCUT2D eigenvalue weighted by atomic mass is 10.2. The van der Waals surface area contributed by atoms with Gasteiger partial charge in [-0.3, -0.25) is 0 Å². The fourth-order valence-electron chi connectivity index (χ4n) is 1.56. The topological polar surface area (TPSA) is 72.6 Å². The lowest BCUT2D eigenvalue weighted by molar-refractivity contribution is 0.0465. The molecule has 19 heavy (non-hydrogen) atoms. The van der Waals surface area contributed by atoms with Crippen LogP contribution in [0.4, 0.5) is 10.1 Å². The summed E-state index contributed by atoms with van der Waals surface area (Å²) in [5, 5.41) is 9.56. The normalized spacial score (nSPS) is 10.2. The number of rotatable bonds is 3. The Morgan fingerprint density at radius 1 is 1.26 bits per heavy atom. The van der Waals surface area contributed by atoms with E-state index >= 15 is 0 Å². The Morgan fingerprint density at radius 3 is 2.68 bits per heavy atom. The van der Waals surface area contributed by atoms with Crippen molar-refractivity contribution in [2.24, 2.45) is 0 Å². The zero-order valence-electron chi connectivity index (χ0n) is 9.97. The van der Waals surface area contributed by atoms with Crippen LogP contribution in [-0.4, -0.2) is 11.1 Å². The van der Waals surface area contributed by atoms with Gasteiger partial charge in [-0.2, -0.15) is 0 Å². The number of hydrogen-bond donors (Lipinski definition) is 2. The smallest absolute Gasteiger partial charge is 0.342 e. The molecule has 2 aromatic carbocycles. The molecule has 0 aliphatic heterocycles. The second-order valence-electron chi connectivity index (χ2n) is 3.94. The molecule has 0 bridgehead atoms. The van der Waals surface area contributed by atoms with Crippen LogP contribution in [0.3, 0.4) is 0 Å². The molecule has 0 aliphatic carbocycles. The average Bonchev–Trinajstić information content (AvgIpc) is 2.37. The first-order valence-corrected chi connectivity index (χ1v) is 5.57. The van der Waals surface area contributed by atoms with Gasteiger partial charge in [0.05, 0.1) is 0 Å². The van der Waals surface area contributed by atoms with Crippen LogP contribution in [0.5, 0.6) is 5.75 Å². The SMILES string of the molecule is Nc1ccc(C(=O)OCc2ccccc2F)c(O)c1. The maximum atomic E-state index is 13.3. The second-order valence-corrected chi connectivity index (χ2v) is 3.94. The lowest BCUT2D eigenvalue weighted by Crippen LogP contribution is -2.06. The highest BCUT2D eigenvalue weighted by Crippen LogP contribution is 2.21. The maximum absolute atomic E-state index is 13.3. The molecular weight excluding hydrogens is 249 g/mol. The molecule has 0 aromatic heterocycles. The number of carbonyl (C=O) groups is 1. The van der Waals surface area contributed by atoms with Gasteiger partial charge in [-0.25, -0.2) is 9.18 Å². The first-order chi connectivity index (χ1) is 9.08. The van der Waals surface area contributed by atoms with E-state index in [1.54, 1.807) is 12.1 Å². The van der Waals surface area contributed by atoms with Gasteiger partial charge in [-0.1, -0.05) is 18.2 Å². The molecule has 4 nitrogen and oxygen atoms in total. The van der Waals surface area contributed by atoms with Crippen LogP contribution in [0, 0.1) is 5.82 Å². The largest absolute Gasteiger partial charge is 0.507 e. The number of benzene rings is 2. The average molecular weight is 261 g/mol. The van der Waals surface area contributed by atoms with Crippen molar-refractivity contribution >= 4 is 11.7 Å². The maximum Gasteiger partial charge on any atom is 0.342 e. The molecule has 0 saturated carbocycles. The van der Waals surface area contributed by atoms with E-state index in [9.17, 15) is 14.3 Å². The van der Waals surface area contributed by atoms with E-state index in [2.05, 4.69) is 0 Å². The first kappa shape index (κ1) is 12.9. The molecule has 2 rings (SSSR count). The molecule has 2 aromatic rings. The molecule has 5 heteroatoms. The minimum atomic E-state index is -0.735. The number of phenolic OH excluding ortho intramolecular Hbond substituents is 1. The Labute approximate surface area is 109 Å². The van der Waals surface area contributed by atoms with Crippen LogP contribution >= 0.6 is 0 Å². The minimum Gasteiger partial charge on any atom is -0.507 e. The molecule has 0 fully saturated rings. The number of nitrogen functional groups attached to an aromatic ring is 1. The van der Waals surface area contributed by atoms with Gasteiger partial charge in [0.15, 0.2) is 0 Å². The van der Waals surface area contributed by atoms with Gasteiger partial charge < -0.3 is 15.6 Å². The number of esters is 1. The molecule has 0 amide bonds. The summed E-state index contributed by atoms with van der Waals surface area (Å²) in [5.41, 5.74) is 6.05. The van der Waals surface area contributed by atoms with Crippen LogP contribution in [0.25, 0.3) is 0 Å². The highest BCUT2D eigenvalue weighted by atomic mass is 19.1. The monoisotopic (exact) mass is 261 g/mol. The number of anilines is 1. The van der Waals surface area contributed by atoms with E-state index in [-0.39, 0.29) is 23.5 Å². The van der Waals surface area contributed by atoms with Gasteiger partial charge in [0, 0.05) is 17.3 Å². The van der Waals surface area contributed by atoms with Gasteiger partial charge >= 0.3 is 5.97 Å². The van der Waals surface area contributed by atoms with Crippen LogP contribution in [0.15, 0.2) is 42.5 Å². The minimum absolute atomic E-state index is 0.00876. The standard InChI is InChI=1S/C14H12FNO3/c15-12-4-2-1-3-9(12)8-19-14(18)11-6-5-10(16)7-13(11)17/h1-7,17H,8,16H2. The zero-order valence-corrected chi connectivity index (χ0v) is 9.97. The summed E-state index contributed by atoms with van der Waals surface area (Å²) in [4.78, 5) is 11.7. The highest BCUT2D eigenvalue weighted by Gasteiger charge is 2.13. The molecule has 3 N–H and O–H groups in total. The van der Waals surface area contributed by atoms with E-state index in [0.29, 0.717) is 5.69 Å².